The van der Waals surface area contributed by atoms with Crippen molar-refractivity contribution in [3.05, 3.63) is 54.1 Å². The lowest BCUT2D eigenvalue weighted by molar-refractivity contribution is -0.116. The quantitative estimate of drug-likeness (QED) is 0.913. The lowest BCUT2D eigenvalue weighted by atomic mass is 10.0. The summed E-state index contributed by atoms with van der Waals surface area (Å²) in [6, 6.07) is 6.14. The Morgan fingerprint density at radius 2 is 2.32 bits per heavy atom. The monoisotopic (exact) mass is 253 g/mol. The van der Waals surface area contributed by atoms with Crippen LogP contribution in [-0.2, 0) is 17.8 Å². The molecule has 1 aromatic carbocycles. The first-order valence-corrected chi connectivity index (χ1v) is 6.36. The van der Waals surface area contributed by atoms with Gasteiger partial charge in [-0.15, -0.1) is 0 Å². The second-order valence-corrected chi connectivity index (χ2v) is 4.63. The van der Waals surface area contributed by atoms with Crippen LogP contribution in [-0.4, -0.2) is 15.5 Å². The maximum Gasteiger partial charge on any atom is 0.224 e. The number of carbonyl (C=O) groups is 1. The van der Waals surface area contributed by atoms with E-state index in [4.69, 9.17) is 0 Å². The molecule has 1 N–H and O–H groups in total. The van der Waals surface area contributed by atoms with Gasteiger partial charge in [-0.05, 0) is 29.7 Å². The van der Waals surface area contributed by atoms with Crippen LogP contribution in [0.1, 0.15) is 17.5 Å². The fourth-order valence-corrected chi connectivity index (χ4v) is 2.21. The Kier molecular flexibility index (Phi) is 3.14. The molecule has 3 rings (SSSR count). The Hall–Kier alpha value is -2.36. The minimum atomic E-state index is 0.107. The van der Waals surface area contributed by atoms with Crippen molar-refractivity contribution < 1.29 is 4.79 Å². The third-order valence-corrected chi connectivity index (χ3v) is 3.21. The number of benzene rings is 1. The number of nitrogens with one attached hydrogen (secondary N) is 1. The molecule has 0 bridgehead atoms. The van der Waals surface area contributed by atoms with Gasteiger partial charge in [-0.25, -0.2) is 4.98 Å². The molecule has 0 radical (unpaired) electrons. The van der Waals surface area contributed by atoms with Gasteiger partial charge in [0.25, 0.3) is 0 Å². The average molecular weight is 253 g/mol. The number of hydrogen-bond acceptors (Lipinski definition) is 2. The summed E-state index contributed by atoms with van der Waals surface area (Å²) in [5.74, 6) is 0.107. The summed E-state index contributed by atoms with van der Waals surface area (Å²) in [7, 11) is 0. The van der Waals surface area contributed by atoms with E-state index in [0.717, 1.165) is 24.2 Å². The van der Waals surface area contributed by atoms with Crippen molar-refractivity contribution >= 4 is 17.7 Å². The first kappa shape index (κ1) is 11.7. The van der Waals surface area contributed by atoms with Gasteiger partial charge in [0.15, 0.2) is 0 Å². The van der Waals surface area contributed by atoms with Crippen LogP contribution in [0.2, 0.25) is 0 Å². The van der Waals surface area contributed by atoms with E-state index in [2.05, 4.69) is 28.5 Å². The molecule has 4 heteroatoms. The highest BCUT2D eigenvalue weighted by Crippen LogP contribution is 2.23. The molecule has 1 aliphatic rings. The minimum absolute atomic E-state index is 0.107. The summed E-state index contributed by atoms with van der Waals surface area (Å²) in [4.78, 5) is 15.3. The van der Waals surface area contributed by atoms with E-state index in [1.54, 1.807) is 12.5 Å². The lowest BCUT2D eigenvalue weighted by Gasteiger charge is -2.16. The van der Waals surface area contributed by atoms with Crippen molar-refractivity contribution in [3.63, 3.8) is 0 Å². The first-order valence-electron chi connectivity index (χ1n) is 6.36. The van der Waals surface area contributed by atoms with Crippen LogP contribution in [0, 0.1) is 0 Å². The molecular weight excluding hydrogens is 238 g/mol. The number of fused-ring (bicyclic) bond motifs is 1. The molecule has 0 atom stereocenters. The smallest absolute Gasteiger partial charge is 0.224 e. The van der Waals surface area contributed by atoms with E-state index in [-0.39, 0.29) is 5.91 Å². The van der Waals surface area contributed by atoms with Crippen LogP contribution in [0.5, 0.6) is 0 Å². The zero-order valence-electron chi connectivity index (χ0n) is 10.5. The van der Waals surface area contributed by atoms with Crippen LogP contribution in [0.15, 0.2) is 43.0 Å². The van der Waals surface area contributed by atoms with Gasteiger partial charge in [0.05, 0.1) is 6.33 Å². The standard InChI is InChI=1S/C15H15N3O/c19-15-6-4-13-10-12(3-5-14(13)17-15)2-1-8-18-9-7-16-11-18/h1-3,5,7,9-11H,4,6,8H2,(H,17,19)/b2-1+. The van der Waals surface area contributed by atoms with E-state index < -0.39 is 0 Å². The molecule has 1 aromatic heterocycles. The summed E-state index contributed by atoms with van der Waals surface area (Å²) in [5.41, 5.74) is 3.32. The minimum Gasteiger partial charge on any atom is -0.334 e. The van der Waals surface area contributed by atoms with Crippen LogP contribution < -0.4 is 5.32 Å². The summed E-state index contributed by atoms with van der Waals surface area (Å²) < 4.78 is 2.01. The zero-order valence-corrected chi connectivity index (χ0v) is 10.5. The Labute approximate surface area is 111 Å². The number of amides is 1. The Bertz CT molecular complexity index is 614. The zero-order chi connectivity index (χ0) is 13.1. The predicted octanol–water partition coefficient (Wildman–Crippen LogP) is 2.48. The highest BCUT2D eigenvalue weighted by Gasteiger charge is 2.13. The molecule has 96 valence electrons. The number of rotatable bonds is 3. The fourth-order valence-electron chi connectivity index (χ4n) is 2.21. The number of carbonyl (C=O) groups excluding carboxylic acids is 1. The molecule has 0 fully saturated rings. The maximum atomic E-state index is 11.3. The Morgan fingerprint density at radius 3 is 3.16 bits per heavy atom. The molecule has 4 nitrogen and oxygen atoms in total. The molecule has 0 saturated heterocycles. The Morgan fingerprint density at radius 1 is 1.37 bits per heavy atom. The van der Waals surface area contributed by atoms with Gasteiger partial charge in [0, 0.05) is 31.0 Å². The van der Waals surface area contributed by atoms with Crippen LogP contribution in [0.4, 0.5) is 5.69 Å². The molecule has 0 aliphatic carbocycles. The molecular formula is C15H15N3O. The van der Waals surface area contributed by atoms with Gasteiger partial charge in [-0.1, -0.05) is 18.2 Å². The molecule has 0 saturated carbocycles. The van der Waals surface area contributed by atoms with Crippen molar-refractivity contribution in [2.75, 3.05) is 5.32 Å². The van der Waals surface area contributed by atoms with Crippen LogP contribution in [0.3, 0.4) is 0 Å². The third-order valence-electron chi connectivity index (χ3n) is 3.21. The number of allylic oxidation sites excluding steroid dienone is 1. The number of hydrogen-bond donors (Lipinski definition) is 1. The van der Waals surface area contributed by atoms with Gasteiger partial charge in [0.1, 0.15) is 0 Å². The highest BCUT2D eigenvalue weighted by molar-refractivity contribution is 5.94. The molecule has 2 heterocycles. The van der Waals surface area contributed by atoms with E-state index in [1.807, 2.05) is 22.9 Å². The maximum absolute atomic E-state index is 11.3. The second-order valence-electron chi connectivity index (χ2n) is 4.63. The second kappa shape index (κ2) is 5.10. The largest absolute Gasteiger partial charge is 0.334 e. The van der Waals surface area contributed by atoms with Crippen molar-refractivity contribution in [2.45, 2.75) is 19.4 Å². The molecule has 0 spiro atoms. The van der Waals surface area contributed by atoms with Crippen molar-refractivity contribution in [1.29, 1.82) is 0 Å². The number of aryl methyl sites for hydroxylation is 1. The Balaban J connectivity index is 1.72. The number of imidazole rings is 1. The fraction of sp³-hybridized carbons (Fsp3) is 0.200. The number of anilines is 1. The molecule has 1 amide bonds. The summed E-state index contributed by atoms with van der Waals surface area (Å²) in [6.07, 6.45) is 11.1. The first-order chi connectivity index (χ1) is 9.31. The predicted molar refractivity (Wildman–Crippen MR) is 74.7 cm³/mol. The molecule has 19 heavy (non-hydrogen) atoms. The molecule has 0 unspecified atom stereocenters. The van der Waals surface area contributed by atoms with Gasteiger partial charge < -0.3 is 9.88 Å². The molecule has 1 aliphatic heterocycles. The molecule has 2 aromatic rings. The third kappa shape index (κ3) is 2.73. The van der Waals surface area contributed by atoms with Gasteiger partial charge in [0.2, 0.25) is 5.91 Å². The van der Waals surface area contributed by atoms with Crippen molar-refractivity contribution in [1.82, 2.24) is 9.55 Å². The van der Waals surface area contributed by atoms with Gasteiger partial charge in [-0.3, -0.25) is 4.79 Å². The summed E-state index contributed by atoms with van der Waals surface area (Å²) in [5, 5.41) is 2.89. The van der Waals surface area contributed by atoms with E-state index in [0.29, 0.717) is 6.42 Å². The van der Waals surface area contributed by atoms with Crippen molar-refractivity contribution in [2.24, 2.45) is 0 Å². The summed E-state index contributed by atoms with van der Waals surface area (Å²) in [6.45, 7) is 0.813. The van der Waals surface area contributed by atoms with Crippen molar-refractivity contribution in [3.8, 4) is 0 Å². The van der Waals surface area contributed by atoms with Gasteiger partial charge in [-0.2, -0.15) is 0 Å². The lowest BCUT2D eigenvalue weighted by Crippen LogP contribution is -2.18. The normalized spacial score (nSPS) is 14.4. The van der Waals surface area contributed by atoms with Crippen LogP contribution >= 0.6 is 0 Å². The topological polar surface area (TPSA) is 46.9 Å². The van der Waals surface area contributed by atoms with E-state index in [1.165, 1.54) is 5.56 Å². The number of aromatic nitrogens is 2. The van der Waals surface area contributed by atoms with E-state index in [9.17, 15) is 4.79 Å². The highest BCUT2D eigenvalue weighted by atomic mass is 16.1. The van der Waals surface area contributed by atoms with Gasteiger partial charge >= 0.3 is 0 Å². The van der Waals surface area contributed by atoms with E-state index >= 15 is 0 Å². The SMILES string of the molecule is O=C1CCc2cc(/C=C/Cn3ccnc3)ccc2N1. The summed E-state index contributed by atoms with van der Waals surface area (Å²) >= 11 is 0. The number of nitrogens with zero attached hydrogens (tertiary/aromatic N) is 2. The van der Waals surface area contributed by atoms with Crippen LogP contribution in [0.25, 0.3) is 6.08 Å². The average Bonchev–Trinajstić information content (AvgIpc) is 2.92.